The average Bonchev–Trinajstić information content (AvgIpc) is 3.36. The van der Waals surface area contributed by atoms with E-state index in [9.17, 15) is 13.2 Å². The molecule has 0 spiro atoms. The van der Waals surface area contributed by atoms with Gasteiger partial charge < -0.3 is 14.4 Å². The number of hydrogen-bond donors (Lipinski definition) is 1. The zero-order valence-electron chi connectivity index (χ0n) is 22.9. The highest BCUT2D eigenvalue weighted by atomic mass is 35.5. The van der Waals surface area contributed by atoms with E-state index < -0.39 is 21.2 Å². The minimum absolute atomic E-state index is 0.116. The number of para-hydroxylation sites is 1. The molecule has 12 heteroatoms. The fourth-order valence-corrected chi connectivity index (χ4v) is 8.38. The van der Waals surface area contributed by atoms with E-state index in [0.29, 0.717) is 58.8 Å². The molecular formula is C30H32Cl2N4O5S. The topological polar surface area (TPSA) is 103 Å². The summed E-state index contributed by atoms with van der Waals surface area (Å²) in [4.78, 5) is 15.0. The van der Waals surface area contributed by atoms with Gasteiger partial charge in [0.05, 0.1) is 41.3 Å². The molecule has 2 saturated heterocycles. The number of benzene rings is 2. The van der Waals surface area contributed by atoms with Crippen molar-refractivity contribution in [2.75, 3.05) is 24.7 Å². The van der Waals surface area contributed by atoms with Gasteiger partial charge in [-0.1, -0.05) is 29.3 Å². The van der Waals surface area contributed by atoms with Crippen LogP contribution < -0.4 is 9.62 Å². The molecule has 2 bridgehead atoms. The summed E-state index contributed by atoms with van der Waals surface area (Å²) in [5.41, 5.74) is 4.25. The van der Waals surface area contributed by atoms with Gasteiger partial charge >= 0.3 is 0 Å². The summed E-state index contributed by atoms with van der Waals surface area (Å²) < 4.78 is 40.7. The Balaban J connectivity index is 0.994. The number of sulfonamides is 1. The Labute approximate surface area is 255 Å². The van der Waals surface area contributed by atoms with Crippen LogP contribution in [0.2, 0.25) is 10.0 Å². The summed E-state index contributed by atoms with van der Waals surface area (Å²) >= 11 is 13.1. The lowest BCUT2D eigenvalue weighted by Gasteiger charge is -2.33. The van der Waals surface area contributed by atoms with Crippen LogP contribution in [0.4, 0.5) is 5.69 Å². The monoisotopic (exact) mass is 630 g/mol. The second-order valence-electron chi connectivity index (χ2n) is 11.7. The molecule has 7 rings (SSSR count). The third kappa shape index (κ3) is 5.32. The second kappa shape index (κ2) is 11.1. The van der Waals surface area contributed by atoms with Gasteiger partial charge in [0.15, 0.2) is 0 Å². The number of aromatic nitrogens is 2. The molecule has 2 aliphatic heterocycles. The SMILES string of the molecule is O=C(NS(=O)(=O)C1CCOC1)c1ccc(N2C[C@@H]3C[C@H]2C[C@H]3OCc2c(C3CC3)cnn2-c2c(Cl)cccc2Cl)cc1. The third-order valence-electron chi connectivity index (χ3n) is 9.00. The number of carbonyl (C=O) groups excluding carboxylic acids is 1. The van der Waals surface area contributed by atoms with Gasteiger partial charge in [-0.05, 0) is 80.0 Å². The number of fused-ring (bicyclic) bond motifs is 2. The minimum Gasteiger partial charge on any atom is -0.380 e. The number of nitrogens with one attached hydrogen (secondary N) is 1. The Bertz CT molecular complexity index is 1580. The van der Waals surface area contributed by atoms with Crippen LogP contribution in [-0.4, -0.2) is 61.3 Å². The summed E-state index contributed by atoms with van der Waals surface area (Å²) in [6.45, 7) is 1.82. The highest BCUT2D eigenvalue weighted by Crippen LogP contribution is 2.45. The standard InChI is InChI=1S/C30H32Cl2N4O5S/c31-25-2-1-3-26(32)29(25)36-27(24(14-33-36)18-4-5-18)17-41-28-13-22-12-20(28)15-35(22)21-8-6-19(7-9-21)30(37)34-42(38,39)23-10-11-40-16-23/h1-3,6-9,14,18,20,22-23,28H,4-5,10-13,15-17H2,(H,34,37)/t20-,22-,23?,28+/m0/s1. The molecule has 1 aromatic heterocycles. The summed E-state index contributed by atoms with van der Waals surface area (Å²) in [5, 5.41) is 5.08. The van der Waals surface area contributed by atoms with Gasteiger partial charge in [-0.2, -0.15) is 5.10 Å². The quantitative estimate of drug-likeness (QED) is 0.351. The van der Waals surface area contributed by atoms with Crippen LogP contribution in [0.3, 0.4) is 0 Å². The Morgan fingerprint density at radius 2 is 1.83 bits per heavy atom. The highest BCUT2D eigenvalue weighted by molar-refractivity contribution is 7.90. The first-order valence-electron chi connectivity index (χ1n) is 14.4. The zero-order valence-corrected chi connectivity index (χ0v) is 25.2. The van der Waals surface area contributed by atoms with Gasteiger partial charge in [-0.25, -0.2) is 17.8 Å². The van der Waals surface area contributed by atoms with E-state index >= 15 is 0 Å². The largest absolute Gasteiger partial charge is 0.380 e. The number of piperidine rings is 1. The maximum atomic E-state index is 12.6. The van der Waals surface area contributed by atoms with Crippen molar-refractivity contribution in [3.63, 3.8) is 0 Å². The lowest BCUT2D eigenvalue weighted by molar-refractivity contribution is 0.00993. The molecular weight excluding hydrogens is 599 g/mol. The maximum absolute atomic E-state index is 12.6. The van der Waals surface area contributed by atoms with E-state index in [2.05, 4.69) is 14.7 Å². The normalized spacial score (nSPS) is 25.3. The van der Waals surface area contributed by atoms with Crippen LogP contribution in [0, 0.1) is 5.92 Å². The van der Waals surface area contributed by atoms with Crippen LogP contribution in [0.1, 0.15) is 59.6 Å². The summed E-state index contributed by atoms with van der Waals surface area (Å²) in [6.07, 6.45) is 6.73. The first kappa shape index (κ1) is 28.2. The fraction of sp³-hybridized carbons (Fsp3) is 0.467. The maximum Gasteiger partial charge on any atom is 0.264 e. The molecule has 2 aromatic carbocycles. The molecule has 2 saturated carbocycles. The molecule has 3 heterocycles. The molecule has 42 heavy (non-hydrogen) atoms. The van der Waals surface area contributed by atoms with Gasteiger partial charge in [-0.15, -0.1) is 0 Å². The average molecular weight is 632 g/mol. The van der Waals surface area contributed by atoms with Crippen molar-refractivity contribution in [3.05, 3.63) is 75.5 Å². The molecule has 4 atom stereocenters. The van der Waals surface area contributed by atoms with E-state index in [0.717, 1.165) is 43.6 Å². The molecule has 3 aromatic rings. The number of anilines is 1. The first-order valence-corrected chi connectivity index (χ1v) is 16.7. The fourth-order valence-electron chi connectivity index (χ4n) is 6.60. The minimum atomic E-state index is -3.76. The molecule has 9 nitrogen and oxygen atoms in total. The number of amides is 1. The molecule has 2 aliphatic carbocycles. The molecule has 0 radical (unpaired) electrons. The lowest BCUT2D eigenvalue weighted by atomic mass is 10.0. The number of rotatable bonds is 9. The predicted octanol–water partition coefficient (Wildman–Crippen LogP) is 5.09. The van der Waals surface area contributed by atoms with Crippen LogP contribution >= 0.6 is 23.2 Å². The number of nitrogens with zero attached hydrogens (tertiary/aromatic N) is 3. The Kier molecular flexibility index (Phi) is 7.47. The predicted molar refractivity (Wildman–Crippen MR) is 160 cm³/mol. The Morgan fingerprint density at radius 3 is 2.48 bits per heavy atom. The van der Waals surface area contributed by atoms with Crippen molar-refractivity contribution in [3.8, 4) is 5.69 Å². The van der Waals surface area contributed by atoms with Crippen LogP contribution in [0.5, 0.6) is 0 Å². The van der Waals surface area contributed by atoms with Crippen molar-refractivity contribution >= 4 is 44.8 Å². The number of halogens is 2. The van der Waals surface area contributed by atoms with Crippen molar-refractivity contribution in [2.45, 2.75) is 62.0 Å². The van der Waals surface area contributed by atoms with Crippen LogP contribution in [-0.2, 0) is 26.1 Å². The van der Waals surface area contributed by atoms with Gasteiger partial charge in [0.25, 0.3) is 5.91 Å². The van der Waals surface area contributed by atoms with E-state index in [1.807, 2.05) is 41.2 Å². The van der Waals surface area contributed by atoms with Gasteiger partial charge in [0, 0.05) is 36.4 Å². The molecule has 1 unspecified atom stereocenters. The van der Waals surface area contributed by atoms with Gasteiger partial charge in [0.2, 0.25) is 10.0 Å². The lowest BCUT2D eigenvalue weighted by Crippen LogP contribution is -2.39. The molecule has 4 fully saturated rings. The first-order chi connectivity index (χ1) is 20.3. The third-order valence-corrected chi connectivity index (χ3v) is 11.3. The number of hydrogen-bond acceptors (Lipinski definition) is 7. The smallest absolute Gasteiger partial charge is 0.264 e. The second-order valence-corrected chi connectivity index (χ2v) is 14.5. The van der Waals surface area contributed by atoms with Crippen LogP contribution in [0.25, 0.3) is 5.69 Å². The molecule has 1 N–H and O–H groups in total. The van der Waals surface area contributed by atoms with Gasteiger partial charge in [0.1, 0.15) is 10.9 Å². The van der Waals surface area contributed by atoms with E-state index in [4.69, 9.17) is 32.7 Å². The Morgan fingerprint density at radius 1 is 1.07 bits per heavy atom. The van der Waals surface area contributed by atoms with Crippen molar-refractivity contribution in [1.29, 1.82) is 0 Å². The highest BCUT2D eigenvalue weighted by Gasteiger charge is 2.45. The number of carbonyl (C=O) groups is 1. The Hall–Kier alpha value is -2.63. The summed E-state index contributed by atoms with van der Waals surface area (Å²) in [6, 6.07) is 13.0. The van der Waals surface area contributed by atoms with Crippen LogP contribution in [0.15, 0.2) is 48.7 Å². The van der Waals surface area contributed by atoms with Crippen molar-refractivity contribution in [1.82, 2.24) is 14.5 Å². The van der Waals surface area contributed by atoms with Crippen molar-refractivity contribution < 1.29 is 22.7 Å². The summed E-state index contributed by atoms with van der Waals surface area (Å²) in [5.74, 6) is 0.283. The van der Waals surface area contributed by atoms with E-state index in [-0.39, 0.29) is 12.7 Å². The van der Waals surface area contributed by atoms with Gasteiger partial charge in [-0.3, -0.25) is 4.79 Å². The molecule has 4 aliphatic rings. The number of ether oxygens (including phenoxy) is 2. The van der Waals surface area contributed by atoms with E-state index in [1.165, 1.54) is 5.56 Å². The summed E-state index contributed by atoms with van der Waals surface area (Å²) in [7, 11) is -3.76. The zero-order chi connectivity index (χ0) is 29.0. The molecule has 222 valence electrons. The van der Waals surface area contributed by atoms with E-state index in [1.54, 1.807) is 12.1 Å². The molecule has 1 amide bonds. The van der Waals surface area contributed by atoms with Crippen molar-refractivity contribution in [2.24, 2.45) is 5.92 Å².